The van der Waals surface area contributed by atoms with Crippen molar-refractivity contribution in [2.45, 2.75) is 56.8 Å². The predicted molar refractivity (Wildman–Crippen MR) is 155 cm³/mol. The second kappa shape index (κ2) is 12.1. The van der Waals surface area contributed by atoms with E-state index >= 15 is 0 Å². The molecule has 2 aromatic heterocycles. The maximum absolute atomic E-state index is 14.8. The largest absolute Gasteiger partial charge is 0.476 e. The van der Waals surface area contributed by atoms with Gasteiger partial charge in [-0.15, -0.1) is 11.3 Å². The Morgan fingerprint density at radius 1 is 1.19 bits per heavy atom. The van der Waals surface area contributed by atoms with Gasteiger partial charge in [0.1, 0.15) is 16.5 Å². The molecule has 12 heteroatoms. The van der Waals surface area contributed by atoms with Gasteiger partial charge in [0, 0.05) is 29.3 Å². The smallest absolute Gasteiger partial charge is 0.355 e. The predicted octanol–water partition coefficient (Wildman–Crippen LogP) is 5.70. The van der Waals surface area contributed by atoms with Crippen LogP contribution in [0.3, 0.4) is 0 Å². The fraction of sp³-hybridized carbons (Fsp3) is 0.300. The van der Waals surface area contributed by atoms with E-state index in [0.717, 1.165) is 54.8 Å². The van der Waals surface area contributed by atoms with E-state index in [2.05, 4.69) is 23.7 Å². The molecule has 0 saturated heterocycles. The number of halogens is 2. The summed E-state index contributed by atoms with van der Waals surface area (Å²) in [5.74, 6) is 3.72. The van der Waals surface area contributed by atoms with Crippen LogP contribution >= 0.6 is 11.3 Å². The molecule has 1 fully saturated rings. The van der Waals surface area contributed by atoms with Crippen LogP contribution in [-0.4, -0.2) is 34.3 Å². The van der Waals surface area contributed by atoms with Crippen molar-refractivity contribution in [3.63, 3.8) is 0 Å². The Kier molecular flexibility index (Phi) is 8.54. The Labute approximate surface area is 246 Å². The molecule has 0 radical (unpaired) electrons. The highest BCUT2D eigenvalue weighted by Crippen LogP contribution is 2.38. The first-order valence-electron chi connectivity index (χ1n) is 13.4. The molecule has 8 nitrogen and oxygen atoms in total. The second-order valence-corrected chi connectivity index (χ2v) is 12.6. The third kappa shape index (κ3) is 6.59. The summed E-state index contributed by atoms with van der Waals surface area (Å²) in [6.45, 7) is 2.05. The fourth-order valence-corrected chi connectivity index (χ4v) is 5.97. The average Bonchev–Trinajstić information content (AvgIpc) is 3.49. The quantitative estimate of drug-likeness (QED) is 0.175. The van der Waals surface area contributed by atoms with Gasteiger partial charge in [0.2, 0.25) is 15.2 Å². The molecule has 0 unspecified atom stereocenters. The van der Waals surface area contributed by atoms with E-state index in [0.29, 0.717) is 46.3 Å². The van der Waals surface area contributed by atoms with E-state index in [1.165, 1.54) is 17.5 Å². The van der Waals surface area contributed by atoms with Crippen LogP contribution in [0.5, 0.6) is 0 Å². The molecule has 0 bridgehead atoms. The Morgan fingerprint density at radius 2 is 1.98 bits per heavy atom. The van der Waals surface area contributed by atoms with Crippen LogP contribution in [0.2, 0.25) is 0 Å². The molecule has 1 aliphatic carbocycles. The molecule has 0 atom stereocenters. The number of rotatable bonds is 10. The van der Waals surface area contributed by atoms with E-state index in [1.54, 1.807) is 16.8 Å². The lowest BCUT2D eigenvalue weighted by Crippen LogP contribution is -2.14. The lowest BCUT2D eigenvalue weighted by molar-refractivity contribution is 0.0691. The molecule has 218 valence electrons. The summed E-state index contributed by atoms with van der Waals surface area (Å²) < 4.78 is 54.7. The number of hydrogen-bond acceptors (Lipinski definition) is 6. The summed E-state index contributed by atoms with van der Waals surface area (Å²) in [7, 11) is -4.24. The third-order valence-corrected chi connectivity index (χ3v) is 8.72. The van der Waals surface area contributed by atoms with E-state index < -0.39 is 32.5 Å². The molecule has 2 aromatic carbocycles. The van der Waals surface area contributed by atoms with Gasteiger partial charge in [-0.25, -0.2) is 36.8 Å². The van der Waals surface area contributed by atoms with Crippen LogP contribution in [0, 0.1) is 29.4 Å². The molecule has 3 N–H and O–H groups in total. The number of unbranched alkanes of at least 4 members (excludes halogenated alkanes) is 2. The lowest BCUT2D eigenvalue weighted by atomic mass is 9.96. The van der Waals surface area contributed by atoms with Crippen LogP contribution in [0.4, 0.5) is 8.78 Å². The molecule has 4 aromatic rings. The van der Waals surface area contributed by atoms with Gasteiger partial charge in [-0.05, 0) is 67.5 Å². The van der Waals surface area contributed by atoms with Gasteiger partial charge in [0.15, 0.2) is 5.69 Å². The summed E-state index contributed by atoms with van der Waals surface area (Å²) in [5, 5.41) is 21.2. The van der Waals surface area contributed by atoms with Crippen molar-refractivity contribution in [1.29, 1.82) is 0 Å². The number of nitrogens with two attached hydrogens (primary N) is 1. The van der Waals surface area contributed by atoms with Gasteiger partial charge in [-0.3, -0.25) is 0 Å². The number of sulfonamides is 1. The number of benzene rings is 2. The van der Waals surface area contributed by atoms with E-state index in [-0.39, 0.29) is 17.7 Å². The molecule has 2 heterocycles. The summed E-state index contributed by atoms with van der Waals surface area (Å²) in [4.78, 5) is 15.2. The van der Waals surface area contributed by atoms with E-state index in [1.807, 2.05) is 0 Å². The van der Waals surface area contributed by atoms with Crippen molar-refractivity contribution >= 4 is 27.3 Å². The number of primary sulfonamides is 1. The Hall–Kier alpha value is -3.92. The molecule has 5 rings (SSSR count). The first-order chi connectivity index (χ1) is 20.0. The van der Waals surface area contributed by atoms with Gasteiger partial charge in [-0.2, -0.15) is 5.10 Å². The minimum absolute atomic E-state index is 0.113. The minimum Gasteiger partial charge on any atom is -0.476 e. The van der Waals surface area contributed by atoms with E-state index in [4.69, 9.17) is 10.2 Å². The second-order valence-electron chi connectivity index (χ2n) is 10.2. The third-order valence-electron chi connectivity index (χ3n) is 6.96. The zero-order valence-corrected chi connectivity index (χ0v) is 24.4. The number of thiazole rings is 1. The summed E-state index contributed by atoms with van der Waals surface area (Å²) in [5.41, 5.74) is 3.15. The standard InChI is InChI=1S/C30H28F2N4O4S2/c1-2-3-4-5-6-20-16-21(10-11-23(20)31)28-22(13-19-9-12-27(24(32)14-19)42(33,39)40)26(15-18-7-8-18)36(35-28)30-34-25(17-41-30)29(37)38/h9-12,14,16-18H,2-4,7-8,13,15H2,1H3,(H,37,38)(H2,33,39,40). The number of aromatic carboxylic acids is 1. The molecular formula is C30H28F2N4O4S2. The number of carboxylic acids is 1. The van der Waals surface area contributed by atoms with E-state index in [9.17, 15) is 27.1 Å². The number of hydrogen-bond donors (Lipinski definition) is 2. The Bertz CT molecular complexity index is 1830. The zero-order valence-electron chi connectivity index (χ0n) is 22.7. The number of carboxylic acid groups (broad SMARTS) is 1. The van der Waals surface area contributed by atoms with Crippen LogP contribution in [-0.2, 0) is 22.9 Å². The maximum atomic E-state index is 14.8. The van der Waals surface area contributed by atoms with Gasteiger partial charge in [0.25, 0.3) is 0 Å². The first kappa shape index (κ1) is 29.6. The van der Waals surface area contributed by atoms with Crippen LogP contribution in [0.15, 0.2) is 46.7 Å². The summed E-state index contributed by atoms with van der Waals surface area (Å²) >= 11 is 1.13. The summed E-state index contributed by atoms with van der Waals surface area (Å²) in [6, 6.07) is 8.30. The Balaban J connectivity index is 1.67. The molecule has 1 aliphatic rings. The van der Waals surface area contributed by atoms with Crippen LogP contribution in [0.25, 0.3) is 16.4 Å². The fourth-order valence-electron chi connectivity index (χ4n) is 4.61. The molecule has 0 aliphatic heterocycles. The highest BCUT2D eigenvalue weighted by atomic mass is 32.2. The highest BCUT2D eigenvalue weighted by molar-refractivity contribution is 7.89. The van der Waals surface area contributed by atoms with Crippen molar-refractivity contribution < 1.29 is 27.1 Å². The number of aromatic nitrogens is 3. The van der Waals surface area contributed by atoms with Gasteiger partial charge >= 0.3 is 5.97 Å². The molecule has 0 spiro atoms. The van der Waals surface area contributed by atoms with Crippen molar-refractivity contribution in [2.75, 3.05) is 0 Å². The first-order valence-corrected chi connectivity index (χ1v) is 15.9. The van der Waals surface area contributed by atoms with Crippen molar-refractivity contribution in [3.8, 4) is 28.2 Å². The monoisotopic (exact) mass is 610 g/mol. The van der Waals surface area contributed by atoms with Gasteiger partial charge < -0.3 is 5.11 Å². The van der Waals surface area contributed by atoms with Crippen LogP contribution < -0.4 is 5.14 Å². The minimum atomic E-state index is -4.24. The molecule has 1 saturated carbocycles. The highest BCUT2D eigenvalue weighted by Gasteiger charge is 2.29. The average molecular weight is 611 g/mol. The van der Waals surface area contributed by atoms with Crippen molar-refractivity contribution in [3.05, 3.63) is 81.5 Å². The molecule has 0 amide bonds. The van der Waals surface area contributed by atoms with Crippen molar-refractivity contribution in [1.82, 2.24) is 14.8 Å². The van der Waals surface area contributed by atoms with Crippen LogP contribution in [0.1, 0.15) is 71.9 Å². The lowest BCUT2D eigenvalue weighted by Gasteiger charge is -2.10. The SMILES string of the molecule is CCCCC#Cc1cc(-c2nn(-c3nc(C(=O)O)cs3)c(CC3CC3)c2Cc2ccc(S(N)(=O)=O)c(F)c2)ccc1F. The topological polar surface area (TPSA) is 128 Å². The number of nitrogens with zero attached hydrogens (tertiary/aromatic N) is 3. The summed E-state index contributed by atoms with van der Waals surface area (Å²) in [6.07, 6.45) is 5.34. The van der Waals surface area contributed by atoms with Crippen molar-refractivity contribution in [2.24, 2.45) is 11.1 Å². The number of carbonyl (C=O) groups is 1. The van der Waals surface area contributed by atoms with Gasteiger partial charge in [0.05, 0.1) is 17.0 Å². The zero-order chi connectivity index (χ0) is 30.0. The molecular weight excluding hydrogens is 582 g/mol. The maximum Gasteiger partial charge on any atom is 0.355 e. The Morgan fingerprint density at radius 3 is 2.62 bits per heavy atom. The molecule has 42 heavy (non-hydrogen) atoms. The van der Waals surface area contributed by atoms with Gasteiger partial charge in [-0.1, -0.05) is 31.3 Å². The normalized spacial score (nSPS) is 13.1.